The molecule has 22 heavy (non-hydrogen) atoms. The summed E-state index contributed by atoms with van der Waals surface area (Å²) in [4.78, 5) is 29.7. The summed E-state index contributed by atoms with van der Waals surface area (Å²) >= 11 is 3.04. The van der Waals surface area contributed by atoms with Crippen LogP contribution in [0, 0.1) is 0 Å². The fraction of sp³-hybridized carbons (Fsp3) is 0.214. The summed E-state index contributed by atoms with van der Waals surface area (Å²) in [6.07, 6.45) is 2.33. The Morgan fingerprint density at radius 3 is 3.00 bits per heavy atom. The number of carbonyl (C=O) groups is 1. The Balaban J connectivity index is 2.15. The Bertz CT molecular complexity index is 916. The molecule has 3 aromatic rings. The van der Waals surface area contributed by atoms with Gasteiger partial charge in [-0.3, -0.25) is 4.79 Å². The third-order valence-corrected chi connectivity index (χ3v) is 4.70. The lowest BCUT2D eigenvalue weighted by Crippen LogP contribution is -2.20. The molecule has 8 heteroatoms. The van der Waals surface area contributed by atoms with Crippen LogP contribution >= 0.6 is 23.1 Å². The third kappa shape index (κ3) is 2.55. The van der Waals surface area contributed by atoms with E-state index in [4.69, 9.17) is 4.74 Å². The SMILES string of the molecule is CCOC(=O)Oc1cnc2sc3cc(SC)ccc3n2c1=O. The lowest BCUT2D eigenvalue weighted by atomic mass is 10.3. The summed E-state index contributed by atoms with van der Waals surface area (Å²) < 4.78 is 12.0. The van der Waals surface area contributed by atoms with Crippen LogP contribution in [0.15, 0.2) is 34.1 Å². The summed E-state index contributed by atoms with van der Waals surface area (Å²) in [5.41, 5.74) is 0.311. The van der Waals surface area contributed by atoms with Crippen LogP contribution in [0.3, 0.4) is 0 Å². The van der Waals surface area contributed by atoms with Crippen molar-refractivity contribution in [3.8, 4) is 5.75 Å². The van der Waals surface area contributed by atoms with Crippen molar-refractivity contribution in [2.24, 2.45) is 0 Å². The van der Waals surface area contributed by atoms with Crippen molar-refractivity contribution in [1.82, 2.24) is 9.38 Å². The maximum absolute atomic E-state index is 12.5. The zero-order chi connectivity index (χ0) is 15.7. The van der Waals surface area contributed by atoms with Crippen molar-refractivity contribution in [1.29, 1.82) is 0 Å². The van der Waals surface area contributed by atoms with Crippen LogP contribution in [-0.2, 0) is 4.74 Å². The molecule has 0 aliphatic heterocycles. The molecule has 0 aliphatic rings. The maximum Gasteiger partial charge on any atom is 0.514 e. The van der Waals surface area contributed by atoms with Gasteiger partial charge in [0.1, 0.15) is 0 Å². The van der Waals surface area contributed by atoms with Gasteiger partial charge in [0, 0.05) is 4.90 Å². The highest BCUT2D eigenvalue weighted by molar-refractivity contribution is 7.98. The third-order valence-electron chi connectivity index (χ3n) is 2.96. The van der Waals surface area contributed by atoms with Crippen molar-refractivity contribution in [2.45, 2.75) is 11.8 Å². The zero-order valence-electron chi connectivity index (χ0n) is 11.9. The first-order valence-electron chi connectivity index (χ1n) is 6.47. The van der Waals surface area contributed by atoms with Crippen molar-refractivity contribution in [2.75, 3.05) is 12.9 Å². The Morgan fingerprint density at radius 2 is 2.27 bits per heavy atom. The van der Waals surface area contributed by atoms with Crippen LogP contribution in [0.4, 0.5) is 4.79 Å². The van der Waals surface area contributed by atoms with Gasteiger partial charge in [0.2, 0.25) is 5.75 Å². The Labute approximate surface area is 133 Å². The normalized spacial score (nSPS) is 11.0. The second-order valence-electron chi connectivity index (χ2n) is 4.27. The average Bonchev–Trinajstić information content (AvgIpc) is 2.88. The zero-order valence-corrected chi connectivity index (χ0v) is 13.5. The van der Waals surface area contributed by atoms with E-state index >= 15 is 0 Å². The van der Waals surface area contributed by atoms with E-state index in [1.165, 1.54) is 21.9 Å². The molecular formula is C14H12N2O4S2. The molecule has 0 radical (unpaired) electrons. The molecule has 0 bridgehead atoms. The van der Waals surface area contributed by atoms with Gasteiger partial charge in [-0.15, -0.1) is 11.8 Å². The fourth-order valence-corrected chi connectivity index (χ4v) is 3.54. The van der Waals surface area contributed by atoms with Gasteiger partial charge in [0.05, 0.1) is 23.0 Å². The molecular weight excluding hydrogens is 324 g/mol. The minimum Gasteiger partial charge on any atom is -0.434 e. The highest BCUT2D eigenvalue weighted by Crippen LogP contribution is 2.28. The van der Waals surface area contributed by atoms with E-state index < -0.39 is 11.7 Å². The second kappa shape index (κ2) is 5.98. The van der Waals surface area contributed by atoms with Crippen molar-refractivity contribution in [3.05, 3.63) is 34.7 Å². The van der Waals surface area contributed by atoms with Crippen LogP contribution in [-0.4, -0.2) is 28.4 Å². The molecule has 2 heterocycles. The number of fused-ring (bicyclic) bond motifs is 3. The smallest absolute Gasteiger partial charge is 0.434 e. The van der Waals surface area contributed by atoms with Crippen molar-refractivity contribution < 1.29 is 14.3 Å². The molecule has 0 atom stereocenters. The first kappa shape index (κ1) is 14.9. The van der Waals surface area contributed by atoms with E-state index in [-0.39, 0.29) is 12.4 Å². The molecule has 0 fully saturated rings. The van der Waals surface area contributed by atoms with E-state index in [1.807, 2.05) is 24.5 Å². The van der Waals surface area contributed by atoms with Crippen molar-refractivity contribution in [3.63, 3.8) is 0 Å². The Kier molecular flexibility index (Phi) is 4.04. The summed E-state index contributed by atoms with van der Waals surface area (Å²) in [5.74, 6) is -0.149. The van der Waals surface area contributed by atoms with Gasteiger partial charge >= 0.3 is 11.7 Å². The Hall–Kier alpha value is -2.06. The summed E-state index contributed by atoms with van der Waals surface area (Å²) in [5, 5.41) is 0. The number of aromatic nitrogens is 2. The molecule has 3 rings (SSSR count). The van der Waals surface area contributed by atoms with Gasteiger partial charge in [-0.25, -0.2) is 14.2 Å². The predicted molar refractivity (Wildman–Crippen MR) is 86.3 cm³/mol. The molecule has 0 N–H and O–H groups in total. The number of thioether (sulfide) groups is 1. The number of hydrogen-bond donors (Lipinski definition) is 0. The molecule has 6 nitrogen and oxygen atoms in total. The number of hydrogen-bond acceptors (Lipinski definition) is 7. The highest BCUT2D eigenvalue weighted by Gasteiger charge is 2.15. The molecule has 2 aromatic heterocycles. The van der Waals surface area contributed by atoms with Gasteiger partial charge in [-0.2, -0.15) is 0 Å². The van der Waals surface area contributed by atoms with Crippen LogP contribution in [0.1, 0.15) is 6.92 Å². The molecule has 0 amide bonds. The van der Waals surface area contributed by atoms with Gasteiger partial charge in [-0.05, 0) is 31.4 Å². The minimum absolute atomic E-state index is 0.149. The number of rotatable bonds is 3. The number of benzene rings is 1. The quantitative estimate of drug-likeness (QED) is 0.540. The van der Waals surface area contributed by atoms with Gasteiger partial charge < -0.3 is 9.47 Å². The largest absolute Gasteiger partial charge is 0.514 e. The Morgan fingerprint density at radius 1 is 1.45 bits per heavy atom. The van der Waals surface area contributed by atoms with Crippen LogP contribution < -0.4 is 10.3 Å². The first-order chi connectivity index (χ1) is 10.6. The van der Waals surface area contributed by atoms with Gasteiger partial charge in [0.15, 0.2) is 4.96 Å². The topological polar surface area (TPSA) is 69.9 Å². The number of carbonyl (C=O) groups excluding carboxylic acids is 1. The highest BCUT2D eigenvalue weighted by atomic mass is 32.2. The van der Waals surface area contributed by atoms with E-state index in [9.17, 15) is 9.59 Å². The van der Waals surface area contributed by atoms with Crippen molar-refractivity contribution >= 4 is 44.4 Å². The second-order valence-corrected chi connectivity index (χ2v) is 6.16. The molecule has 0 saturated carbocycles. The molecule has 0 unspecified atom stereocenters. The van der Waals surface area contributed by atoms with Crippen LogP contribution in [0.25, 0.3) is 15.2 Å². The number of nitrogens with zero attached hydrogens (tertiary/aromatic N) is 2. The van der Waals surface area contributed by atoms with E-state index in [0.717, 1.165) is 15.1 Å². The van der Waals surface area contributed by atoms with Crippen LogP contribution in [0.5, 0.6) is 5.75 Å². The number of ether oxygens (including phenoxy) is 2. The fourth-order valence-electron chi connectivity index (χ4n) is 2.00. The summed E-state index contributed by atoms with van der Waals surface area (Å²) in [7, 11) is 0. The molecule has 114 valence electrons. The lowest BCUT2D eigenvalue weighted by Gasteiger charge is -2.03. The van der Waals surface area contributed by atoms with E-state index in [1.54, 1.807) is 18.7 Å². The standard InChI is InChI=1S/C14H12N2O4S2/c1-3-19-14(18)20-10-7-15-13-16(12(10)17)9-5-4-8(21-2)6-11(9)22-13/h4-7H,3H2,1-2H3. The molecule has 0 spiro atoms. The number of thiazole rings is 1. The predicted octanol–water partition coefficient (Wildman–Crippen LogP) is 3.17. The van der Waals surface area contributed by atoms with Gasteiger partial charge in [-0.1, -0.05) is 11.3 Å². The van der Waals surface area contributed by atoms with E-state index in [2.05, 4.69) is 9.72 Å². The minimum atomic E-state index is -0.912. The first-order valence-corrected chi connectivity index (χ1v) is 8.51. The van der Waals surface area contributed by atoms with Gasteiger partial charge in [0.25, 0.3) is 0 Å². The lowest BCUT2D eigenvalue weighted by molar-refractivity contribution is 0.103. The molecule has 0 saturated heterocycles. The monoisotopic (exact) mass is 336 g/mol. The average molecular weight is 336 g/mol. The van der Waals surface area contributed by atoms with Crippen LogP contribution in [0.2, 0.25) is 0 Å². The summed E-state index contributed by atoms with van der Waals surface area (Å²) in [6, 6.07) is 5.80. The maximum atomic E-state index is 12.5. The van der Waals surface area contributed by atoms with E-state index in [0.29, 0.717) is 4.96 Å². The summed E-state index contributed by atoms with van der Waals surface area (Å²) in [6.45, 7) is 1.83. The molecule has 0 aliphatic carbocycles. The molecule has 1 aromatic carbocycles.